The topological polar surface area (TPSA) is 33.1 Å². The third-order valence-corrected chi connectivity index (χ3v) is 4.28. The van der Waals surface area contributed by atoms with Crippen LogP contribution in [0.15, 0.2) is 12.4 Å². The molecular formula is C16H30N4. The summed E-state index contributed by atoms with van der Waals surface area (Å²) < 4.78 is 2.10. The molecule has 1 aromatic rings. The Morgan fingerprint density at radius 1 is 1.30 bits per heavy atom. The Kier molecular flexibility index (Phi) is 6.05. The fraction of sp³-hybridized carbons (Fsp3) is 0.812. The predicted molar refractivity (Wildman–Crippen MR) is 83.8 cm³/mol. The van der Waals surface area contributed by atoms with Gasteiger partial charge in [0.1, 0.15) is 0 Å². The number of rotatable bonds is 7. The number of hydrogen-bond donors (Lipinski definition) is 1. The lowest BCUT2D eigenvalue weighted by Crippen LogP contribution is -2.42. The van der Waals surface area contributed by atoms with Crippen molar-refractivity contribution in [2.24, 2.45) is 5.92 Å². The molecule has 2 unspecified atom stereocenters. The van der Waals surface area contributed by atoms with Crippen LogP contribution in [0.4, 0.5) is 0 Å². The second-order valence-electron chi connectivity index (χ2n) is 5.98. The van der Waals surface area contributed by atoms with Gasteiger partial charge in [0.2, 0.25) is 0 Å². The summed E-state index contributed by atoms with van der Waals surface area (Å²) in [4.78, 5) is 2.67. The van der Waals surface area contributed by atoms with E-state index in [-0.39, 0.29) is 0 Å². The number of nitrogens with zero attached hydrogens (tertiary/aromatic N) is 3. The highest BCUT2D eigenvalue weighted by Crippen LogP contribution is 2.35. The van der Waals surface area contributed by atoms with Gasteiger partial charge in [0.05, 0.1) is 6.20 Å². The van der Waals surface area contributed by atoms with Crippen LogP contribution in [0.1, 0.15) is 51.1 Å². The largest absolute Gasteiger partial charge is 0.319 e. The van der Waals surface area contributed by atoms with Gasteiger partial charge in [-0.15, -0.1) is 0 Å². The van der Waals surface area contributed by atoms with Gasteiger partial charge in [-0.1, -0.05) is 13.8 Å². The summed E-state index contributed by atoms with van der Waals surface area (Å²) >= 11 is 0. The summed E-state index contributed by atoms with van der Waals surface area (Å²) in [6, 6.07) is 0.543. The van der Waals surface area contributed by atoms with E-state index in [9.17, 15) is 0 Å². The molecule has 114 valence electrons. The number of hydrogen-bond acceptors (Lipinski definition) is 3. The van der Waals surface area contributed by atoms with E-state index in [2.05, 4.69) is 53.3 Å². The lowest BCUT2D eigenvalue weighted by molar-refractivity contribution is 0.0924. The maximum Gasteiger partial charge on any atom is 0.0537 e. The molecule has 1 aliphatic rings. The average Bonchev–Trinajstić information content (AvgIpc) is 2.88. The number of aromatic nitrogens is 2. The van der Waals surface area contributed by atoms with Crippen LogP contribution in [0.2, 0.25) is 0 Å². The minimum absolute atomic E-state index is 0.543. The molecule has 0 radical (unpaired) electrons. The van der Waals surface area contributed by atoms with Crippen molar-refractivity contribution in [1.82, 2.24) is 20.0 Å². The van der Waals surface area contributed by atoms with Gasteiger partial charge in [-0.3, -0.25) is 9.58 Å². The number of aryl methyl sites for hydroxylation is 1. The van der Waals surface area contributed by atoms with Crippen molar-refractivity contribution in [3.8, 4) is 0 Å². The van der Waals surface area contributed by atoms with Gasteiger partial charge in [-0.25, -0.2) is 0 Å². The molecule has 1 fully saturated rings. The highest BCUT2D eigenvalue weighted by Gasteiger charge is 2.32. The first-order valence-electron chi connectivity index (χ1n) is 8.21. The first kappa shape index (κ1) is 15.5. The molecule has 0 aromatic carbocycles. The fourth-order valence-electron chi connectivity index (χ4n) is 3.53. The zero-order chi connectivity index (χ0) is 14.4. The maximum absolute atomic E-state index is 4.54. The second-order valence-corrected chi connectivity index (χ2v) is 5.98. The van der Waals surface area contributed by atoms with E-state index in [1.807, 2.05) is 0 Å². The van der Waals surface area contributed by atoms with Gasteiger partial charge in [0, 0.05) is 24.3 Å². The number of piperidine rings is 1. The molecule has 0 amide bonds. The number of nitrogens with one attached hydrogen (secondary N) is 1. The molecular weight excluding hydrogens is 248 g/mol. The lowest BCUT2D eigenvalue weighted by atomic mass is 9.85. The molecule has 0 spiro atoms. The summed E-state index contributed by atoms with van der Waals surface area (Å²) in [7, 11) is 2.07. The van der Waals surface area contributed by atoms with Gasteiger partial charge in [0.15, 0.2) is 0 Å². The van der Waals surface area contributed by atoms with Gasteiger partial charge >= 0.3 is 0 Å². The Morgan fingerprint density at radius 2 is 2.10 bits per heavy atom. The van der Waals surface area contributed by atoms with Crippen molar-refractivity contribution in [1.29, 1.82) is 0 Å². The Bertz CT molecular complexity index is 370. The van der Waals surface area contributed by atoms with Gasteiger partial charge in [0.25, 0.3) is 0 Å². The van der Waals surface area contributed by atoms with Gasteiger partial charge < -0.3 is 5.32 Å². The normalized spacial score (nSPS) is 24.1. The molecule has 20 heavy (non-hydrogen) atoms. The van der Waals surface area contributed by atoms with Crippen molar-refractivity contribution in [2.45, 2.75) is 52.1 Å². The van der Waals surface area contributed by atoms with Crippen LogP contribution in [0.25, 0.3) is 0 Å². The zero-order valence-corrected chi connectivity index (χ0v) is 13.3. The van der Waals surface area contributed by atoms with Crippen LogP contribution in [0.3, 0.4) is 0 Å². The van der Waals surface area contributed by atoms with E-state index in [0.29, 0.717) is 12.0 Å². The molecule has 0 bridgehead atoms. The van der Waals surface area contributed by atoms with Gasteiger partial charge in [-0.2, -0.15) is 5.10 Å². The summed E-state index contributed by atoms with van der Waals surface area (Å²) in [6.07, 6.45) is 9.38. The molecule has 1 aromatic heterocycles. The molecule has 4 heteroatoms. The van der Waals surface area contributed by atoms with Crippen LogP contribution < -0.4 is 5.32 Å². The quantitative estimate of drug-likeness (QED) is 0.832. The molecule has 1 aliphatic heterocycles. The molecule has 2 atom stereocenters. The summed E-state index contributed by atoms with van der Waals surface area (Å²) in [6.45, 7) is 9.04. The van der Waals surface area contributed by atoms with E-state index >= 15 is 0 Å². The fourth-order valence-corrected chi connectivity index (χ4v) is 3.53. The molecule has 0 aliphatic carbocycles. The molecule has 2 rings (SSSR count). The van der Waals surface area contributed by atoms with Crippen molar-refractivity contribution < 1.29 is 0 Å². The van der Waals surface area contributed by atoms with E-state index in [4.69, 9.17) is 0 Å². The minimum Gasteiger partial charge on any atom is -0.319 e. The van der Waals surface area contributed by atoms with Gasteiger partial charge in [-0.05, 0) is 58.3 Å². The first-order valence-corrected chi connectivity index (χ1v) is 8.21. The summed E-state index contributed by atoms with van der Waals surface area (Å²) in [5, 5.41) is 7.92. The minimum atomic E-state index is 0.543. The SMILES string of the molecule is CCCN1CCCC(CNC)C1c1cnn(CCC)c1. The van der Waals surface area contributed by atoms with E-state index in [0.717, 1.165) is 19.5 Å². The van der Waals surface area contributed by atoms with Crippen LogP contribution in [0, 0.1) is 5.92 Å². The van der Waals surface area contributed by atoms with E-state index < -0.39 is 0 Å². The monoisotopic (exact) mass is 278 g/mol. The van der Waals surface area contributed by atoms with Crippen molar-refractivity contribution in [3.05, 3.63) is 18.0 Å². The molecule has 1 N–H and O–H groups in total. The van der Waals surface area contributed by atoms with Crippen LogP contribution in [-0.2, 0) is 6.54 Å². The highest BCUT2D eigenvalue weighted by atomic mass is 15.3. The molecule has 0 saturated carbocycles. The number of likely N-dealkylation sites (tertiary alicyclic amines) is 1. The molecule has 2 heterocycles. The van der Waals surface area contributed by atoms with Crippen LogP contribution in [-0.4, -0.2) is 41.4 Å². The van der Waals surface area contributed by atoms with Crippen molar-refractivity contribution in [3.63, 3.8) is 0 Å². The lowest BCUT2D eigenvalue weighted by Gasteiger charge is -2.41. The Labute approximate surface area is 123 Å². The highest BCUT2D eigenvalue weighted by molar-refractivity contribution is 5.13. The average molecular weight is 278 g/mol. The molecule has 1 saturated heterocycles. The van der Waals surface area contributed by atoms with E-state index in [1.165, 1.54) is 37.9 Å². The Morgan fingerprint density at radius 3 is 2.80 bits per heavy atom. The maximum atomic E-state index is 4.54. The van der Waals surface area contributed by atoms with E-state index in [1.54, 1.807) is 0 Å². The standard InChI is InChI=1S/C16H30N4/c1-4-8-19-10-6-7-14(11-17-3)16(19)15-12-18-20(13-15)9-5-2/h12-14,16-17H,4-11H2,1-3H3. The third-order valence-electron chi connectivity index (χ3n) is 4.28. The Hall–Kier alpha value is -0.870. The third kappa shape index (κ3) is 3.61. The van der Waals surface area contributed by atoms with Crippen LogP contribution >= 0.6 is 0 Å². The summed E-state index contributed by atoms with van der Waals surface area (Å²) in [5.41, 5.74) is 1.41. The smallest absolute Gasteiger partial charge is 0.0537 e. The van der Waals surface area contributed by atoms with Crippen molar-refractivity contribution >= 4 is 0 Å². The predicted octanol–water partition coefficient (Wildman–Crippen LogP) is 2.68. The zero-order valence-electron chi connectivity index (χ0n) is 13.3. The second kappa shape index (κ2) is 7.79. The first-order chi connectivity index (χ1) is 9.80. The van der Waals surface area contributed by atoms with Crippen molar-refractivity contribution in [2.75, 3.05) is 26.7 Å². The van der Waals surface area contributed by atoms with Crippen LogP contribution in [0.5, 0.6) is 0 Å². The Balaban J connectivity index is 2.18. The summed E-state index contributed by atoms with van der Waals surface area (Å²) in [5.74, 6) is 0.708. The molecule has 4 nitrogen and oxygen atoms in total.